The zero-order chi connectivity index (χ0) is 15.8. The highest BCUT2D eigenvalue weighted by Gasteiger charge is 2.12. The number of hydrogen-bond donors (Lipinski definition) is 0. The number of ether oxygens (including phenoxy) is 3. The lowest BCUT2D eigenvalue weighted by Crippen LogP contribution is -2.09. The molecule has 0 bridgehead atoms. The molecule has 0 saturated heterocycles. The van der Waals surface area contributed by atoms with Crippen LogP contribution in [0.4, 0.5) is 4.39 Å². The van der Waals surface area contributed by atoms with Crippen molar-refractivity contribution in [3.05, 3.63) is 65.5 Å². The van der Waals surface area contributed by atoms with Gasteiger partial charge in [0, 0.05) is 18.8 Å². The first-order chi connectivity index (χ1) is 10.7. The minimum Gasteiger partial charge on any atom is -0.489 e. The lowest BCUT2D eigenvalue weighted by Gasteiger charge is -2.18. The van der Waals surface area contributed by atoms with Crippen molar-refractivity contribution >= 4 is 0 Å². The molecule has 3 nitrogen and oxygen atoms in total. The largest absolute Gasteiger partial charge is 0.489 e. The summed E-state index contributed by atoms with van der Waals surface area (Å²) in [6.07, 6.45) is -0.396. The van der Waals surface area contributed by atoms with E-state index in [0.717, 1.165) is 11.1 Å². The van der Waals surface area contributed by atoms with Gasteiger partial charge in [-0.15, -0.1) is 0 Å². The second-order valence-corrected chi connectivity index (χ2v) is 4.73. The van der Waals surface area contributed by atoms with E-state index >= 15 is 0 Å². The van der Waals surface area contributed by atoms with Crippen molar-refractivity contribution in [3.63, 3.8) is 0 Å². The minimum absolute atomic E-state index is 0.261. The fourth-order valence-electron chi connectivity index (χ4n) is 2.09. The van der Waals surface area contributed by atoms with Crippen LogP contribution < -0.4 is 4.74 Å². The lowest BCUT2D eigenvalue weighted by molar-refractivity contribution is -0.140. The maximum Gasteiger partial charge on any atom is 0.183 e. The number of rotatable bonds is 8. The van der Waals surface area contributed by atoms with E-state index in [1.807, 2.05) is 44.2 Å². The van der Waals surface area contributed by atoms with Gasteiger partial charge in [-0.25, -0.2) is 4.39 Å². The molecular weight excluding hydrogens is 283 g/mol. The quantitative estimate of drug-likeness (QED) is 0.673. The summed E-state index contributed by atoms with van der Waals surface area (Å²) in [5.74, 6) is 0.439. The minimum atomic E-state index is -0.396. The molecule has 0 unspecified atom stereocenters. The Kier molecular flexibility index (Phi) is 6.37. The third-order valence-corrected chi connectivity index (χ3v) is 3.06. The molecular formula is C18H21FO3. The molecule has 0 fully saturated rings. The zero-order valence-electron chi connectivity index (χ0n) is 12.9. The first-order valence-electron chi connectivity index (χ1n) is 7.43. The van der Waals surface area contributed by atoms with Crippen LogP contribution in [0.25, 0.3) is 0 Å². The van der Waals surface area contributed by atoms with Crippen LogP contribution in [0.1, 0.15) is 31.3 Å². The van der Waals surface area contributed by atoms with Gasteiger partial charge in [0.15, 0.2) is 6.29 Å². The molecule has 2 rings (SSSR count). The van der Waals surface area contributed by atoms with Gasteiger partial charge in [0.1, 0.15) is 18.2 Å². The third kappa shape index (κ3) is 4.83. The summed E-state index contributed by atoms with van der Waals surface area (Å²) in [6.45, 7) is 5.31. The molecule has 0 radical (unpaired) electrons. The predicted molar refractivity (Wildman–Crippen MR) is 83.2 cm³/mol. The van der Waals surface area contributed by atoms with E-state index in [1.54, 1.807) is 6.07 Å². The fraction of sp³-hybridized carbons (Fsp3) is 0.333. The van der Waals surface area contributed by atoms with Gasteiger partial charge in [0.05, 0.1) is 0 Å². The van der Waals surface area contributed by atoms with Crippen molar-refractivity contribution in [2.24, 2.45) is 0 Å². The predicted octanol–water partition coefficient (Wildman–Crippen LogP) is 4.48. The summed E-state index contributed by atoms with van der Waals surface area (Å²) < 4.78 is 30.0. The molecule has 2 aromatic carbocycles. The molecule has 0 aliphatic heterocycles. The Bertz CT molecular complexity index is 580. The Morgan fingerprint density at radius 1 is 0.955 bits per heavy atom. The second kappa shape index (κ2) is 8.51. The van der Waals surface area contributed by atoms with Crippen LogP contribution in [0.5, 0.6) is 5.75 Å². The topological polar surface area (TPSA) is 27.7 Å². The Balaban J connectivity index is 2.04. The molecule has 0 amide bonds. The average molecular weight is 304 g/mol. The average Bonchev–Trinajstić information content (AvgIpc) is 2.53. The third-order valence-electron chi connectivity index (χ3n) is 3.06. The summed E-state index contributed by atoms with van der Waals surface area (Å²) in [7, 11) is 0. The lowest BCUT2D eigenvalue weighted by atomic mass is 10.2. The summed E-state index contributed by atoms with van der Waals surface area (Å²) in [4.78, 5) is 0. The van der Waals surface area contributed by atoms with E-state index in [-0.39, 0.29) is 5.82 Å². The van der Waals surface area contributed by atoms with Crippen molar-refractivity contribution in [2.45, 2.75) is 26.7 Å². The van der Waals surface area contributed by atoms with Gasteiger partial charge < -0.3 is 14.2 Å². The first-order valence-corrected chi connectivity index (χ1v) is 7.43. The first kappa shape index (κ1) is 16.5. The number of benzene rings is 2. The fourth-order valence-corrected chi connectivity index (χ4v) is 2.09. The zero-order valence-corrected chi connectivity index (χ0v) is 12.9. The second-order valence-electron chi connectivity index (χ2n) is 4.73. The van der Waals surface area contributed by atoms with Gasteiger partial charge in [-0.1, -0.05) is 24.3 Å². The summed E-state index contributed by atoms with van der Waals surface area (Å²) in [6, 6.07) is 14.0. The van der Waals surface area contributed by atoms with Crippen LogP contribution in [0.2, 0.25) is 0 Å². The molecule has 4 heteroatoms. The van der Waals surface area contributed by atoms with Crippen molar-refractivity contribution in [2.75, 3.05) is 13.2 Å². The smallest absolute Gasteiger partial charge is 0.183 e. The van der Waals surface area contributed by atoms with Crippen LogP contribution in [0, 0.1) is 5.82 Å². The highest BCUT2D eigenvalue weighted by atomic mass is 19.1. The Hall–Kier alpha value is -1.91. The molecule has 0 N–H and O–H groups in total. The SMILES string of the molecule is CCOC(OCC)c1cccc(OCc2cccc(F)c2)c1. The van der Waals surface area contributed by atoms with Crippen LogP contribution in [-0.2, 0) is 16.1 Å². The molecule has 0 aromatic heterocycles. The van der Waals surface area contributed by atoms with Crippen molar-refractivity contribution < 1.29 is 18.6 Å². The summed E-state index contributed by atoms with van der Waals surface area (Å²) in [5.41, 5.74) is 1.69. The van der Waals surface area contributed by atoms with Gasteiger partial charge in [0.2, 0.25) is 0 Å². The van der Waals surface area contributed by atoms with Crippen molar-refractivity contribution in [1.82, 2.24) is 0 Å². The summed E-state index contributed by atoms with van der Waals surface area (Å²) in [5, 5.41) is 0. The maximum absolute atomic E-state index is 13.1. The van der Waals surface area contributed by atoms with E-state index in [0.29, 0.717) is 25.6 Å². The van der Waals surface area contributed by atoms with Crippen molar-refractivity contribution in [1.29, 1.82) is 0 Å². The van der Waals surface area contributed by atoms with Gasteiger partial charge in [0.25, 0.3) is 0 Å². The molecule has 0 saturated carbocycles. The maximum atomic E-state index is 13.1. The molecule has 0 aliphatic carbocycles. The Morgan fingerprint density at radius 2 is 1.68 bits per heavy atom. The molecule has 0 atom stereocenters. The number of halogens is 1. The molecule has 118 valence electrons. The van der Waals surface area contributed by atoms with Gasteiger partial charge in [-0.2, -0.15) is 0 Å². The Morgan fingerprint density at radius 3 is 2.36 bits per heavy atom. The molecule has 2 aromatic rings. The Labute approximate surface area is 130 Å². The van der Waals surface area contributed by atoms with E-state index in [2.05, 4.69) is 0 Å². The van der Waals surface area contributed by atoms with E-state index < -0.39 is 6.29 Å². The molecule has 22 heavy (non-hydrogen) atoms. The van der Waals surface area contributed by atoms with Gasteiger partial charge >= 0.3 is 0 Å². The molecule has 0 heterocycles. The number of hydrogen-bond acceptors (Lipinski definition) is 3. The standard InChI is InChI=1S/C18H21FO3/c1-3-20-18(21-4-2)15-8-6-10-17(12-15)22-13-14-7-5-9-16(19)11-14/h5-12,18H,3-4,13H2,1-2H3. The van der Waals surface area contributed by atoms with E-state index in [4.69, 9.17) is 14.2 Å². The van der Waals surface area contributed by atoms with Crippen LogP contribution in [0.3, 0.4) is 0 Å². The van der Waals surface area contributed by atoms with E-state index in [1.165, 1.54) is 12.1 Å². The monoisotopic (exact) mass is 304 g/mol. The van der Waals surface area contributed by atoms with Crippen LogP contribution in [0.15, 0.2) is 48.5 Å². The van der Waals surface area contributed by atoms with E-state index in [9.17, 15) is 4.39 Å². The van der Waals surface area contributed by atoms with Gasteiger partial charge in [-0.05, 0) is 43.7 Å². The normalized spacial score (nSPS) is 10.9. The van der Waals surface area contributed by atoms with Gasteiger partial charge in [-0.3, -0.25) is 0 Å². The molecule has 0 aliphatic rings. The molecule has 0 spiro atoms. The van der Waals surface area contributed by atoms with Crippen LogP contribution in [-0.4, -0.2) is 13.2 Å². The van der Waals surface area contributed by atoms with Crippen LogP contribution >= 0.6 is 0 Å². The highest BCUT2D eigenvalue weighted by Crippen LogP contribution is 2.24. The highest BCUT2D eigenvalue weighted by molar-refractivity contribution is 5.29. The van der Waals surface area contributed by atoms with Crippen molar-refractivity contribution in [3.8, 4) is 5.75 Å². The summed E-state index contributed by atoms with van der Waals surface area (Å²) >= 11 is 0.